The maximum absolute atomic E-state index is 9.79. The molecule has 18 heavy (non-hydrogen) atoms. The summed E-state index contributed by atoms with van der Waals surface area (Å²) in [4.78, 5) is 0. The van der Waals surface area contributed by atoms with Gasteiger partial charge in [-0.25, -0.2) is 0 Å². The Hall–Kier alpha value is -1.04. The summed E-state index contributed by atoms with van der Waals surface area (Å²) in [6, 6.07) is 0.110. The van der Waals surface area contributed by atoms with E-state index in [9.17, 15) is 5.11 Å². The molecule has 2 atom stereocenters. The van der Waals surface area contributed by atoms with E-state index in [0.717, 1.165) is 12.0 Å². The number of hydrogen-bond donors (Lipinski definition) is 3. The first kappa shape index (κ1) is 17.0. The van der Waals surface area contributed by atoms with Gasteiger partial charge in [0.2, 0.25) is 0 Å². The van der Waals surface area contributed by atoms with E-state index >= 15 is 0 Å². The molecule has 0 saturated heterocycles. The van der Waals surface area contributed by atoms with Gasteiger partial charge in [0.05, 0.1) is 13.2 Å². The van der Waals surface area contributed by atoms with Gasteiger partial charge >= 0.3 is 0 Å². The molecule has 0 aliphatic carbocycles. The molecule has 0 rings (SSSR count). The standard InChI is InChI=1S/C13H26N2O3/c1-5-18-11(3)13(16)8-15-12(9-17-4)6-10(2)7-14/h7,12-13,15-16H,3,5-6,8-9,14H2,1-2,4H3/b10-7+. The number of nitrogens with one attached hydrogen (secondary N) is 1. The first-order chi connectivity index (χ1) is 8.54. The molecule has 0 aliphatic heterocycles. The van der Waals surface area contributed by atoms with Gasteiger partial charge in [-0.15, -0.1) is 0 Å². The number of ether oxygens (including phenoxy) is 2. The fourth-order valence-electron chi connectivity index (χ4n) is 1.52. The number of aliphatic hydroxyl groups excluding tert-OH is 1. The molecule has 0 aliphatic rings. The van der Waals surface area contributed by atoms with Gasteiger partial charge in [0.25, 0.3) is 0 Å². The van der Waals surface area contributed by atoms with Gasteiger partial charge in [-0.05, 0) is 26.5 Å². The SMILES string of the molecule is C=C(OCC)C(O)CNC(COC)C/C(C)=C/N. The van der Waals surface area contributed by atoms with Crippen LogP contribution in [0.4, 0.5) is 0 Å². The molecular weight excluding hydrogens is 232 g/mol. The van der Waals surface area contributed by atoms with Crippen molar-refractivity contribution in [2.45, 2.75) is 32.4 Å². The first-order valence-corrected chi connectivity index (χ1v) is 6.14. The minimum Gasteiger partial charge on any atom is -0.496 e. The fourth-order valence-corrected chi connectivity index (χ4v) is 1.52. The quantitative estimate of drug-likeness (QED) is 0.504. The molecule has 106 valence electrons. The number of hydrogen-bond acceptors (Lipinski definition) is 5. The Morgan fingerprint density at radius 1 is 1.56 bits per heavy atom. The van der Waals surface area contributed by atoms with Gasteiger partial charge in [-0.1, -0.05) is 12.2 Å². The summed E-state index contributed by atoms with van der Waals surface area (Å²) in [5, 5.41) is 13.0. The fraction of sp³-hybridized carbons (Fsp3) is 0.692. The maximum atomic E-state index is 9.79. The molecule has 0 fully saturated rings. The maximum Gasteiger partial charge on any atom is 0.123 e. The summed E-state index contributed by atoms with van der Waals surface area (Å²) in [6.07, 6.45) is 1.64. The van der Waals surface area contributed by atoms with Crippen LogP contribution in [0.1, 0.15) is 20.3 Å². The van der Waals surface area contributed by atoms with Crippen LogP contribution < -0.4 is 11.1 Å². The second-order valence-electron chi connectivity index (χ2n) is 4.19. The van der Waals surface area contributed by atoms with E-state index in [1.54, 1.807) is 13.3 Å². The molecule has 0 bridgehead atoms. The smallest absolute Gasteiger partial charge is 0.123 e. The second-order valence-corrected chi connectivity index (χ2v) is 4.19. The minimum atomic E-state index is -0.716. The van der Waals surface area contributed by atoms with Crippen LogP contribution in [0, 0.1) is 0 Å². The van der Waals surface area contributed by atoms with E-state index in [2.05, 4.69) is 11.9 Å². The third-order valence-corrected chi connectivity index (χ3v) is 2.52. The third-order valence-electron chi connectivity index (χ3n) is 2.52. The molecule has 0 aromatic heterocycles. The monoisotopic (exact) mass is 258 g/mol. The minimum absolute atomic E-state index is 0.110. The Morgan fingerprint density at radius 2 is 2.22 bits per heavy atom. The Morgan fingerprint density at radius 3 is 2.72 bits per heavy atom. The highest BCUT2D eigenvalue weighted by Crippen LogP contribution is 2.05. The Labute approximate surface area is 110 Å². The van der Waals surface area contributed by atoms with E-state index in [-0.39, 0.29) is 6.04 Å². The van der Waals surface area contributed by atoms with Crippen molar-refractivity contribution >= 4 is 0 Å². The number of rotatable bonds is 10. The molecule has 0 saturated carbocycles. The molecular formula is C13H26N2O3. The van der Waals surface area contributed by atoms with Crippen molar-refractivity contribution in [1.29, 1.82) is 0 Å². The summed E-state index contributed by atoms with van der Waals surface area (Å²) in [5.74, 6) is 0.382. The molecule has 0 aromatic rings. The first-order valence-electron chi connectivity index (χ1n) is 6.14. The zero-order chi connectivity index (χ0) is 14.0. The predicted molar refractivity (Wildman–Crippen MR) is 73.0 cm³/mol. The van der Waals surface area contributed by atoms with E-state index in [1.165, 1.54) is 0 Å². The summed E-state index contributed by atoms with van der Waals surface area (Å²) in [5.41, 5.74) is 6.52. The van der Waals surface area contributed by atoms with Crippen molar-refractivity contribution in [3.05, 3.63) is 24.1 Å². The van der Waals surface area contributed by atoms with Crippen molar-refractivity contribution in [2.24, 2.45) is 5.73 Å². The van der Waals surface area contributed by atoms with Crippen molar-refractivity contribution in [3.63, 3.8) is 0 Å². The van der Waals surface area contributed by atoms with Gasteiger partial charge < -0.3 is 25.6 Å². The molecule has 0 amide bonds. The Bertz CT molecular complexity index is 267. The van der Waals surface area contributed by atoms with E-state index in [0.29, 0.717) is 25.5 Å². The summed E-state index contributed by atoms with van der Waals surface area (Å²) < 4.78 is 10.3. The van der Waals surface area contributed by atoms with Crippen LogP contribution in [0.3, 0.4) is 0 Å². The molecule has 0 heterocycles. The Kier molecular flexibility index (Phi) is 9.36. The average molecular weight is 258 g/mol. The van der Waals surface area contributed by atoms with Crippen LogP contribution in [0.15, 0.2) is 24.1 Å². The zero-order valence-corrected chi connectivity index (χ0v) is 11.6. The zero-order valence-electron chi connectivity index (χ0n) is 11.6. The van der Waals surface area contributed by atoms with Crippen LogP contribution >= 0.6 is 0 Å². The molecule has 0 aromatic carbocycles. The largest absolute Gasteiger partial charge is 0.496 e. The lowest BCUT2D eigenvalue weighted by molar-refractivity contribution is 0.0993. The lowest BCUT2D eigenvalue weighted by Gasteiger charge is -2.21. The molecule has 4 N–H and O–H groups in total. The summed E-state index contributed by atoms with van der Waals surface area (Å²) in [7, 11) is 1.64. The van der Waals surface area contributed by atoms with Crippen LogP contribution in [0.25, 0.3) is 0 Å². The average Bonchev–Trinajstić information content (AvgIpc) is 2.35. The molecule has 5 nitrogen and oxygen atoms in total. The summed E-state index contributed by atoms with van der Waals surface area (Å²) >= 11 is 0. The third kappa shape index (κ3) is 7.32. The van der Waals surface area contributed by atoms with E-state index in [1.807, 2.05) is 13.8 Å². The predicted octanol–water partition coefficient (Wildman–Crippen LogP) is 0.755. The van der Waals surface area contributed by atoms with Gasteiger partial charge in [-0.2, -0.15) is 0 Å². The number of aliphatic hydroxyl groups is 1. The van der Waals surface area contributed by atoms with Crippen LogP contribution in [-0.4, -0.2) is 44.1 Å². The molecule has 0 spiro atoms. The van der Waals surface area contributed by atoms with Crippen molar-refractivity contribution in [2.75, 3.05) is 26.9 Å². The topological polar surface area (TPSA) is 76.7 Å². The van der Waals surface area contributed by atoms with Crippen LogP contribution in [-0.2, 0) is 9.47 Å². The van der Waals surface area contributed by atoms with E-state index < -0.39 is 6.10 Å². The molecule has 5 heteroatoms. The van der Waals surface area contributed by atoms with Crippen molar-refractivity contribution in [3.8, 4) is 0 Å². The van der Waals surface area contributed by atoms with Crippen LogP contribution in [0.2, 0.25) is 0 Å². The highest BCUT2D eigenvalue weighted by molar-refractivity contribution is 4.99. The van der Waals surface area contributed by atoms with Crippen LogP contribution in [0.5, 0.6) is 0 Å². The van der Waals surface area contributed by atoms with E-state index in [4.69, 9.17) is 15.2 Å². The highest BCUT2D eigenvalue weighted by Gasteiger charge is 2.14. The highest BCUT2D eigenvalue weighted by atomic mass is 16.5. The lowest BCUT2D eigenvalue weighted by atomic mass is 10.1. The van der Waals surface area contributed by atoms with Gasteiger partial charge in [0.15, 0.2) is 0 Å². The molecule has 0 radical (unpaired) electrons. The normalized spacial score (nSPS) is 15.2. The summed E-state index contributed by atoms with van der Waals surface area (Å²) in [6.45, 7) is 8.92. The lowest BCUT2D eigenvalue weighted by Crippen LogP contribution is -2.39. The van der Waals surface area contributed by atoms with Gasteiger partial charge in [-0.3, -0.25) is 0 Å². The van der Waals surface area contributed by atoms with Crippen molar-refractivity contribution in [1.82, 2.24) is 5.32 Å². The number of nitrogens with two attached hydrogens (primary N) is 1. The second kappa shape index (κ2) is 9.94. The number of methoxy groups -OCH3 is 1. The Balaban J connectivity index is 4.13. The van der Waals surface area contributed by atoms with Gasteiger partial charge in [0.1, 0.15) is 11.9 Å². The van der Waals surface area contributed by atoms with Gasteiger partial charge in [0, 0.05) is 19.7 Å². The van der Waals surface area contributed by atoms with Crippen molar-refractivity contribution < 1.29 is 14.6 Å². The molecule has 2 unspecified atom stereocenters.